The molecule has 7 nitrogen and oxygen atoms in total. The molecule has 8 heteroatoms. The molecule has 1 aromatic heterocycles. The number of aromatic nitrogens is 2. The first-order valence-electron chi connectivity index (χ1n) is 8.49. The Morgan fingerprint density at radius 3 is 2.50 bits per heavy atom. The summed E-state index contributed by atoms with van der Waals surface area (Å²) in [5.74, 6) is 0.0325. The molecule has 0 spiro atoms. The normalized spacial score (nSPS) is 14.1. The Labute approximate surface area is 156 Å². The molecule has 3 amide bonds. The van der Waals surface area contributed by atoms with Gasteiger partial charge in [0.1, 0.15) is 0 Å². The lowest BCUT2D eigenvalue weighted by Gasteiger charge is -2.18. The van der Waals surface area contributed by atoms with E-state index in [-0.39, 0.29) is 22.4 Å². The van der Waals surface area contributed by atoms with Crippen molar-refractivity contribution in [1.29, 1.82) is 0 Å². The number of imide groups is 1. The van der Waals surface area contributed by atoms with Gasteiger partial charge in [0, 0.05) is 11.6 Å². The third kappa shape index (κ3) is 5.08. The number of hydrogen-bond donors (Lipinski definition) is 2. The van der Waals surface area contributed by atoms with Crippen LogP contribution in [0.15, 0.2) is 33.9 Å². The minimum absolute atomic E-state index is 0.0304. The fourth-order valence-electron chi connectivity index (χ4n) is 2.24. The molecule has 0 bridgehead atoms. The molecule has 1 fully saturated rings. The van der Waals surface area contributed by atoms with Crippen LogP contribution >= 0.6 is 11.8 Å². The molecule has 0 aliphatic heterocycles. The lowest BCUT2D eigenvalue weighted by molar-refractivity contribution is -0.117. The minimum Gasteiger partial charge on any atom is -0.411 e. The Morgan fingerprint density at radius 2 is 1.88 bits per heavy atom. The van der Waals surface area contributed by atoms with E-state index in [1.54, 1.807) is 0 Å². The molecule has 0 atom stereocenters. The van der Waals surface area contributed by atoms with Crippen molar-refractivity contribution < 1.29 is 14.0 Å². The number of urea groups is 1. The number of nitrogens with zero attached hydrogens (tertiary/aromatic N) is 2. The van der Waals surface area contributed by atoms with Crippen LogP contribution in [0.3, 0.4) is 0 Å². The number of rotatable bonds is 5. The second-order valence-corrected chi connectivity index (χ2v) is 8.21. The number of nitrogens with one attached hydrogen (secondary N) is 2. The van der Waals surface area contributed by atoms with E-state index < -0.39 is 11.9 Å². The molecule has 1 aliphatic carbocycles. The second-order valence-electron chi connectivity index (χ2n) is 7.29. The summed E-state index contributed by atoms with van der Waals surface area (Å²) in [6.45, 7) is 6.46. The number of amides is 3. The molecule has 0 saturated heterocycles. The van der Waals surface area contributed by atoms with Crippen molar-refractivity contribution in [2.24, 2.45) is 0 Å². The van der Waals surface area contributed by atoms with Gasteiger partial charge in [-0.1, -0.05) is 44.7 Å². The SMILES string of the molecule is CC(C)(C)c1ccc(-c2nnc(SCC(=O)NC(=O)NC3CC3)o2)cc1. The monoisotopic (exact) mass is 374 g/mol. The van der Waals surface area contributed by atoms with Crippen LogP contribution in [-0.2, 0) is 10.2 Å². The summed E-state index contributed by atoms with van der Waals surface area (Å²) in [7, 11) is 0. The Kier molecular flexibility index (Phi) is 5.31. The maximum absolute atomic E-state index is 11.8. The van der Waals surface area contributed by atoms with Gasteiger partial charge in [-0.15, -0.1) is 10.2 Å². The minimum atomic E-state index is -0.455. The van der Waals surface area contributed by atoms with Gasteiger partial charge >= 0.3 is 6.03 Å². The largest absolute Gasteiger partial charge is 0.411 e. The van der Waals surface area contributed by atoms with Crippen molar-refractivity contribution in [2.75, 3.05) is 5.75 Å². The fraction of sp³-hybridized carbons (Fsp3) is 0.444. The van der Waals surface area contributed by atoms with Gasteiger partial charge < -0.3 is 9.73 Å². The van der Waals surface area contributed by atoms with Gasteiger partial charge in [-0.3, -0.25) is 10.1 Å². The van der Waals surface area contributed by atoms with Crippen LogP contribution in [0.4, 0.5) is 4.79 Å². The van der Waals surface area contributed by atoms with Crippen LogP contribution in [0.2, 0.25) is 0 Å². The van der Waals surface area contributed by atoms with Gasteiger partial charge in [-0.25, -0.2) is 4.79 Å². The van der Waals surface area contributed by atoms with Crippen molar-refractivity contribution in [1.82, 2.24) is 20.8 Å². The van der Waals surface area contributed by atoms with Gasteiger partial charge in [0.2, 0.25) is 11.8 Å². The van der Waals surface area contributed by atoms with Crippen molar-refractivity contribution >= 4 is 23.7 Å². The van der Waals surface area contributed by atoms with Gasteiger partial charge in [0.05, 0.1) is 5.75 Å². The van der Waals surface area contributed by atoms with E-state index in [2.05, 4.69) is 41.6 Å². The van der Waals surface area contributed by atoms with Crippen LogP contribution in [0.25, 0.3) is 11.5 Å². The van der Waals surface area contributed by atoms with Crippen LogP contribution < -0.4 is 10.6 Å². The van der Waals surface area contributed by atoms with E-state index >= 15 is 0 Å². The van der Waals surface area contributed by atoms with Crippen LogP contribution in [0.1, 0.15) is 39.2 Å². The van der Waals surface area contributed by atoms with Crippen molar-refractivity contribution in [3.8, 4) is 11.5 Å². The molecule has 2 aromatic rings. The molecular formula is C18H22N4O3S. The molecule has 1 heterocycles. The van der Waals surface area contributed by atoms with Gasteiger partial charge in [-0.05, 0) is 36.0 Å². The molecule has 0 unspecified atom stereocenters. The fourth-order valence-corrected chi connectivity index (χ4v) is 2.80. The Morgan fingerprint density at radius 1 is 1.19 bits per heavy atom. The highest BCUT2D eigenvalue weighted by Gasteiger charge is 2.24. The Bertz CT molecular complexity index is 792. The second kappa shape index (κ2) is 7.49. The summed E-state index contributed by atoms with van der Waals surface area (Å²) >= 11 is 1.10. The van der Waals surface area contributed by atoms with E-state index in [1.807, 2.05) is 24.3 Å². The maximum Gasteiger partial charge on any atom is 0.321 e. The zero-order valence-corrected chi connectivity index (χ0v) is 15.9. The van der Waals surface area contributed by atoms with Gasteiger partial charge in [0.15, 0.2) is 0 Å². The van der Waals surface area contributed by atoms with Crippen molar-refractivity contribution in [2.45, 2.75) is 50.3 Å². The lowest BCUT2D eigenvalue weighted by Crippen LogP contribution is -2.41. The highest BCUT2D eigenvalue weighted by molar-refractivity contribution is 7.99. The summed E-state index contributed by atoms with van der Waals surface area (Å²) in [6.07, 6.45) is 1.94. The Balaban J connectivity index is 1.52. The van der Waals surface area contributed by atoms with Crippen molar-refractivity contribution in [3.63, 3.8) is 0 Å². The van der Waals surface area contributed by atoms with Crippen LogP contribution in [-0.4, -0.2) is 33.9 Å². The van der Waals surface area contributed by atoms with Crippen molar-refractivity contribution in [3.05, 3.63) is 29.8 Å². The summed E-state index contributed by atoms with van der Waals surface area (Å²) in [6, 6.07) is 7.72. The number of carbonyl (C=O) groups excluding carboxylic acids is 2. The molecule has 26 heavy (non-hydrogen) atoms. The van der Waals surface area contributed by atoms with Gasteiger partial charge in [-0.2, -0.15) is 0 Å². The standard InChI is InChI=1S/C18H22N4O3S/c1-18(2,3)12-6-4-11(5-7-12)15-21-22-17(25-15)26-10-14(23)20-16(24)19-13-8-9-13/h4-7,13H,8-10H2,1-3H3,(H2,19,20,23,24). The Hall–Kier alpha value is -2.35. The molecule has 1 saturated carbocycles. The summed E-state index contributed by atoms with van der Waals surface area (Å²) in [4.78, 5) is 23.3. The zero-order valence-electron chi connectivity index (χ0n) is 15.0. The average molecular weight is 374 g/mol. The van der Waals surface area contributed by atoms with E-state index in [0.717, 1.165) is 30.2 Å². The number of carbonyl (C=O) groups is 2. The smallest absolute Gasteiger partial charge is 0.321 e. The van der Waals surface area contributed by atoms with E-state index in [1.165, 1.54) is 5.56 Å². The molecule has 138 valence electrons. The molecule has 1 aliphatic rings. The highest BCUT2D eigenvalue weighted by Crippen LogP contribution is 2.27. The van der Waals surface area contributed by atoms with E-state index in [9.17, 15) is 9.59 Å². The first kappa shape index (κ1) is 18.4. The first-order chi connectivity index (χ1) is 12.3. The predicted octanol–water partition coefficient (Wildman–Crippen LogP) is 3.11. The van der Waals surface area contributed by atoms with Crippen LogP contribution in [0, 0.1) is 0 Å². The van der Waals surface area contributed by atoms with Gasteiger partial charge in [0.25, 0.3) is 5.22 Å². The summed E-state index contributed by atoms with van der Waals surface area (Å²) in [5.41, 5.74) is 2.12. The lowest BCUT2D eigenvalue weighted by atomic mass is 9.87. The molecule has 1 aromatic carbocycles. The van der Waals surface area contributed by atoms with E-state index in [0.29, 0.717) is 5.89 Å². The third-order valence-electron chi connectivity index (χ3n) is 3.90. The number of benzene rings is 1. The molecule has 0 radical (unpaired) electrons. The topological polar surface area (TPSA) is 97.1 Å². The first-order valence-corrected chi connectivity index (χ1v) is 9.47. The number of thioether (sulfide) groups is 1. The summed E-state index contributed by atoms with van der Waals surface area (Å²) < 4.78 is 5.59. The number of hydrogen-bond acceptors (Lipinski definition) is 6. The molecule has 3 rings (SSSR count). The van der Waals surface area contributed by atoms with E-state index in [4.69, 9.17) is 4.42 Å². The molecular weight excluding hydrogens is 352 g/mol. The third-order valence-corrected chi connectivity index (χ3v) is 4.72. The molecule has 2 N–H and O–H groups in total. The highest BCUT2D eigenvalue weighted by atomic mass is 32.2. The quantitative estimate of drug-likeness (QED) is 0.781. The van der Waals surface area contributed by atoms with Crippen LogP contribution in [0.5, 0.6) is 0 Å². The maximum atomic E-state index is 11.8. The predicted molar refractivity (Wildman–Crippen MR) is 98.9 cm³/mol. The average Bonchev–Trinajstić information content (AvgIpc) is 3.25. The summed E-state index contributed by atoms with van der Waals surface area (Å²) in [5, 5.41) is 13.2. The zero-order chi connectivity index (χ0) is 18.7.